The summed E-state index contributed by atoms with van der Waals surface area (Å²) in [5, 5.41) is 12.3. The van der Waals surface area contributed by atoms with Crippen LogP contribution in [-0.2, 0) is 24.4 Å². The zero-order valence-corrected chi connectivity index (χ0v) is 20.7. The smallest absolute Gasteiger partial charge is 0.234 e. The maximum absolute atomic E-state index is 12.6. The lowest BCUT2D eigenvalue weighted by atomic mass is 10.1. The minimum absolute atomic E-state index is 0.0758. The second kappa shape index (κ2) is 11.7. The van der Waals surface area contributed by atoms with Crippen molar-refractivity contribution >= 4 is 23.4 Å². The Kier molecular flexibility index (Phi) is 8.72. The fraction of sp³-hybridized carbons (Fsp3) is 0.346. The number of aryl methyl sites for hydroxylation is 4. The van der Waals surface area contributed by atoms with Crippen LogP contribution < -0.4 is 10.1 Å². The number of nitrogens with zero attached hydrogens (tertiary/aromatic N) is 3. The van der Waals surface area contributed by atoms with Crippen molar-refractivity contribution in [3.8, 4) is 5.75 Å². The fourth-order valence-electron chi connectivity index (χ4n) is 3.72. The Balaban J connectivity index is 1.62. The summed E-state index contributed by atoms with van der Waals surface area (Å²) in [6.07, 6.45) is 3.97. The molecule has 3 rings (SSSR count). The molecular weight excluding hydrogens is 432 g/mol. The molecule has 0 atom stereocenters. The first-order chi connectivity index (χ1) is 15.9. The van der Waals surface area contributed by atoms with Gasteiger partial charge in [0.2, 0.25) is 5.91 Å². The average molecular weight is 465 g/mol. The maximum Gasteiger partial charge on any atom is 0.234 e. The molecule has 174 valence electrons. The predicted octanol–water partition coefficient (Wildman–Crippen LogP) is 5.65. The average Bonchev–Trinajstić information content (AvgIpc) is 3.16. The van der Waals surface area contributed by atoms with Crippen LogP contribution in [0.25, 0.3) is 0 Å². The lowest BCUT2D eigenvalue weighted by molar-refractivity contribution is -0.113. The number of aromatic nitrogens is 3. The van der Waals surface area contributed by atoms with Gasteiger partial charge in [0.25, 0.3) is 0 Å². The Morgan fingerprint density at radius 3 is 2.48 bits per heavy atom. The SMILES string of the molecule is C=CCn1c(COc2ccc(CCC)cc2)nnc1SCC(=O)Nc1c(C)cc(C)cc1C. The molecule has 1 amide bonds. The Morgan fingerprint density at radius 1 is 1.15 bits per heavy atom. The van der Waals surface area contributed by atoms with Gasteiger partial charge < -0.3 is 10.1 Å². The zero-order valence-electron chi connectivity index (χ0n) is 19.9. The molecule has 6 nitrogen and oxygen atoms in total. The monoisotopic (exact) mass is 464 g/mol. The van der Waals surface area contributed by atoms with E-state index in [0.29, 0.717) is 24.1 Å². The number of hydrogen-bond donors (Lipinski definition) is 1. The summed E-state index contributed by atoms with van der Waals surface area (Å²) in [6, 6.07) is 12.3. The molecule has 0 saturated heterocycles. The highest BCUT2D eigenvalue weighted by molar-refractivity contribution is 7.99. The van der Waals surface area contributed by atoms with Gasteiger partial charge in [0, 0.05) is 12.2 Å². The second-order valence-corrected chi connectivity index (χ2v) is 9.03. The van der Waals surface area contributed by atoms with Crippen molar-refractivity contribution in [1.29, 1.82) is 0 Å². The molecule has 0 bridgehead atoms. The fourth-order valence-corrected chi connectivity index (χ4v) is 4.48. The van der Waals surface area contributed by atoms with Crippen LogP contribution >= 0.6 is 11.8 Å². The Morgan fingerprint density at radius 2 is 1.85 bits per heavy atom. The van der Waals surface area contributed by atoms with E-state index in [4.69, 9.17) is 4.74 Å². The summed E-state index contributed by atoms with van der Waals surface area (Å²) in [5.74, 6) is 1.65. The van der Waals surface area contributed by atoms with E-state index in [1.807, 2.05) is 30.5 Å². The molecule has 0 spiro atoms. The Hall–Kier alpha value is -3.06. The van der Waals surface area contributed by atoms with E-state index in [1.54, 1.807) is 6.08 Å². The van der Waals surface area contributed by atoms with Gasteiger partial charge in [0.1, 0.15) is 12.4 Å². The molecular formula is C26H32N4O2S. The van der Waals surface area contributed by atoms with Crippen molar-refractivity contribution in [2.45, 2.75) is 58.8 Å². The number of hydrogen-bond acceptors (Lipinski definition) is 5. The third-order valence-electron chi connectivity index (χ3n) is 5.21. The Labute approximate surface area is 200 Å². The number of carbonyl (C=O) groups excluding carboxylic acids is 1. The summed E-state index contributed by atoms with van der Waals surface area (Å²) in [4.78, 5) is 12.6. The zero-order chi connectivity index (χ0) is 23.8. The lowest BCUT2D eigenvalue weighted by Crippen LogP contribution is -2.16. The molecule has 7 heteroatoms. The maximum atomic E-state index is 12.6. The largest absolute Gasteiger partial charge is 0.486 e. The molecule has 0 radical (unpaired) electrons. The van der Waals surface area contributed by atoms with Crippen LogP contribution in [-0.4, -0.2) is 26.4 Å². The van der Waals surface area contributed by atoms with Gasteiger partial charge in [0.05, 0.1) is 5.75 Å². The molecule has 33 heavy (non-hydrogen) atoms. The molecule has 1 heterocycles. The van der Waals surface area contributed by atoms with Crippen LogP contribution in [0.15, 0.2) is 54.2 Å². The minimum Gasteiger partial charge on any atom is -0.486 e. The molecule has 0 aliphatic heterocycles. The number of amides is 1. The van der Waals surface area contributed by atoms with Crippen molar-refractivity contribution in [2.75, 3.05) is 11.1 Å². The first kappa shape index (κ1) is 24.6. The number of thioether (sulfide) groups is 1. The van der Waals surface area contributed by atoms with Crippen LogP contribution in [0.3, 0.4) is 0 Å². The molecule has 0 saturated carbocycles. The number of allylic oxidation sites excluding steroid dienone is 1. The van der Waals surface area contributed by atoms with E-state index >= 15 is 0 Å². The molecule has 2 aromatic carbocycles. The number of carbonyl (C=O) groups is 1. The van der Waals surface area contributed by atoms with Gasteiger partial charge in [-0.25, -0.2) is 0 Å². The molecule has 0 aliphatic carbocycles. The second-order valence-electron chi connectivity index (χ2n) is 8.09. The summed E-state index contributed by atoms with van der Waals surface area (Å²) < 4.78 is 7.85. The Bertz CT molecular complexity index is 1080. The van der Waals surface area contributed by atoms with Crippen LogP contribution in [0, 0.1) is 20.8 Å². The van der Waals surface area contributed by atoms with Gasteiger partial charge in [-0.3, -0.25) is 9.36 Å². The highest BCUT2D eigenvalue weighted by Gasteiger charge is 2.15. The summed E-state index contributed by atoms with van der Waals surface area (Å²) in [5.41, 5.74) is 5.47. The number of ether oxygens (including phenoxy) is 1. The van der Waals surface area contributed by atoms with Crippen LogP contribution in [0.5, 0.6) is 5.75 Å². The van der Waals surface area contributed by atoms with Gasteiger partial charge in [-0.2, -0.15) is 0 Å². The molecule has 3 aromatic rings. The van der Waals surface area contributed by atoms with Crippen LogP contribution in [0.1, 0.15) is 41.4 Å². The van der Waals surface area contributed by atoms with Crippen molar-refractivity contribution in [3.05, 3.63) is 77.1 Å². The van der Waals surface area contributed by atoms with Crippen LogP contribution in [0.2, 0.25) is 0 Å². The number of rotatable bonds is 11. The molecule has 0 aliphatic rings. The highest BCUT2D eigenvalue weighted by Crippen LogP contribution is 2.24. The first-order valence-corrected chi connectivity index (χ1v) is 12.1. The standard InChI is InChI=1S/C26H32N4O2S/c1-6-8-21-9-11-22(12-10-21)32-16-23-28-29-26(30(23)13-7-2)33-17-24(31)27-25-19(4)14-18(3)15-20(25)5/h7,9-12,14-15H,2,6,8,13,16-17H2,1,3-5H3,(H,27,31). The van der Waals surface area contributed by atoms with Gasteiger partial charge >= 0.3 is 0 Å². The normalized spacial score (nSPS) is 10.8. The van der Waals surface area contributed by atoms with Crippen molar-refractivity contribution in [2.24, 2.45) is 0 Å². The first-order valence-electron chi connectivity index (χ1n) is 11.2. The third-order valence-corrected chi connectivity index (χ3v) is 6.18. The van der Waals surface area contributed by atoms with Crippen molar-refractivity contribution in [1.82, 2.24) is 14.8 Å². The van der Waals surface area contributed by atoms with Gasteiger partial charge in [-0.05, 0) is 56.0 Å². The molecule has 1 N–H and O–H groups in total. The van der Waals surface area contributed by atoms with Crippen molar-refractivity contribution < 1.29 is 9.53 Å². The molecule has 1 aromatic heterocycles. The van der Waals surface area contributed by atoms with Gasteiger partial charge in [-0.1, -0.05) is 61.0 Å². The van der Waals surface area contributed by atoms with E-state index in [-0.39, 0.29) is 11.7 Å². The minimum atomic E-state index is -0.0758. The molecule has 0 fully saturated rings. The highest BCUT2D eigenvalue weighted by atomic mass is 32.2. The van der Waals surface area contributed by atoms with Gasteiger partial charge in [-0.15, -0.1) is 16.8 Å². The predicted molar refractivity (Wildman–Crippen MR) is 135 cm³/mol. The van der Waals surface area contributed by atoms with Crippen molar-refractivity contribution in [3.63, 3.8) is 0 Å². The van der Waals surface area contributed by atoms with E-state index in [2.05, 4.69) is 60.2 Å². The van der Waals surface area contributed by atoms with E-state index < -0.39 is 0 Å². The topological polar surface area (TPSA) is 69.0 Å². The summed E-state index contributed by atoms with van der Waals surface area (Å²) in [7, 11) is 0. The van der Waals surface area contributed by atoms with Crippen LogP contribution in [0.4, 0.5) is 5.69 Å². The number of nitrogens with one attached hydrogen (secondary N) is 1. The number of benzene rings is 2. The quantitative estimate of drug-likeness (QED) is 0.293. The summed E-state index contributed by atoms with van der Waals surface area (Å²) >= 11 is 1.35. The van der Waals surface area contributed by atoms with E-state index in [0.717, 1.165) is 35.4 Å². The third kappa shape index (κ3) is 6.71. The number of anilines is 1. The molecule has 0 unspecified atom stereocenters. The summed E-state index contributed by atoms with van der Waals surface area (Å²) in [6.45, 7) is 12.9. The van der Waals surface area contributed by atoms with Gasteiger partial charge in [0.15, 0.2) is 11.0 Å². The van der Waals surface area contributed by atoms with E-state index in [9.17, 15) is 4.79 Å². The lowest BCUT2D eigenvalue weighted by Gasteiger charge is -2.13. The van der Waals surface area contributed by atoms with E-state index in [1.165, 1.54) is 22.9 Å².